The minimum absolute atomic E-state index is 0.0935. The zero-order valence-corrected chi connectivity index (χ0v) is 8.80. The summed E-state index contributed by atoms with van der Waals surface area (Å²) in [6.45, 7) is 0. The average Bonchev–Trinajstić information content (AvgIpc) is 1.96. The molecule has 1 N–H and O–H groups in total. The summed E-state index contributed by atoms with van der Waals surface area (Å²) in [5.74, 6) is -1.38. The number of carbonyl (C=O) groups is 1. The van der Waals surface area contributed by atoms with E-state index in [0.29, 0.717) is 12.8 Å². The molecule has 0 heterocycles. The molecule has 1 spiro atoms. The third-order valence-corrected chi connectivity index (χ3v) is 3.94. The largest absolute Gasteiger partial charge is 0.481 e. The molecule has 3 nitrogen and oxygen atoms in total. The predicted molar refractivity (Wildman–Crippen MR) is 47.8 cm³/mol. The van der Waals surface area contributed by atoms with Gasteiger partial charge in [-0.15, -0.1) is 0 Å². The van der Waals surface area contributed by atoms with Gasteiger partial charge in [-0.25, -0.2) is 0 Å². The molecule has 0 aliphatic heterocycles. The number of hydrogen-bond donors (Lipinski definition) is 1. The fourth-order valence-electron chi connectivity index (χ4n) is 3.07. The lowest BCUT2D eigenvalue weighted by Gasteiger charge is -2.61. The third kappa shape index (κ3) is 1.43. The Labute approximate surface area is 90.6 Å². The predicted octanol–water partition coefficient (Wildman–Crippen LogP) is 2.21. The number of ether oxygens (including phenoxy) is 1. The van der Waals surface area contributed by atoms with Gasteiger partial charge >= 0.3 is 12.1 Å². The van der Waals surface area contributed by atoms with E-state index >= 15 is 0 Å². The van der Waals surface area contributed by atoms with Crippen molar-refractivity contribution in [2.45, 2.75) is 37.5 Å². The van der Waals surface area contributed by atoms with Crippen LogP contribution in [0.1, 0.15) is 25.7 Å². The quantitative estimate of drug-likeness (QED) is 0.802. The summed E-state index contributed by atoms with van der Waals surface area (Å²) >= 11 is 0. The Bertz CT molecular complexity index is 310. The molecule has 6 heteroatoms. The van der Waals surface area contributed by atoms with Crippen molar-refractivity contribution in [1.29, 1.82) is 0 Å². The Balaban J connectivity index is 1.97. The zero-order valence-electron chi connectivity index (χ0n) is 8.80. The van der Waals surface area contributed by atoms with E-state index in [9.17, 15) is 18.0 Å². The van der Waals surface area contributed by atoms with Gasteiger partial charge in [-0.1, -0.05) is 0 Å². The van der Waals surface area contributed by atoms with Crippen molar-refractivity contribution in [1.82, 2.24) is 0 Å². The molecule has 2 fully saturated rings. The normalized spacial score (nSPS) is 42.6. The molecule has 0 saturated heterocycles. The summed E-state index contributed by atoms with van der Waals surface area (Å²) in [6.07, 6.45) is -3.85. The number of aliphatic carboxylic acids is 1. The molecule has 0 aromatic rings. The average molecular weight is 238 g/mol. The van der Waals surface area contributed by atoms with Gasteiger partial charge in [0.1, 0.15) is 0 Å². The highest BCUT2D eigenvalue weighted by Crippen LogP contribution is 2.67. The number of methoxy groups -OCH3 is 1. The van der Waals surface area contributed by atoms with Gasteiger partial charge in [0.15, 0.2) is 5.60 Å². The van der Waals surface area contributed by atoms with E-state index in [1.54, 1.807) is 0 Å². The first-order valence-corrected chi connectivity index (χ1v) is 5.08. The highest BCUT2D eigenvalue weighted by atomic mass is 19.4. The third-order valence-electron chi connectivity index (χ3n) is 3.94. The molecule has 0 aromatic heterocycles. The topological polar surface area (TPSA) is 46.5 Å². The van der Waals surface area contributed by atoms with E-state index in [0.717, 1.165) is 7.11 Å². The van der Waals surface area contributed by atoms with Crippen LogP contribution in [0.3, 0.4) is 0 Å². The highest BCUT2D eigenvalue weighted by molar-refractivity contribution is 5.71. The summed E-state index contributed by atoms with van der Waals surface area (Å²) in [7, 11) is 1.06. The maximum Gasteiger partial charge on any atom is 0.417 e. The second kappa shape index (κ2) is 3.12. The van der Waals surface area contributed by atoms with Crippen LogP contribution in [0.4, 0.5) is 13.2 Å². The van der Waals surface area contributed by atoms with E-state index in [-0.39, 0.29) is 12.8 Å². The molecule has 2 aliphatic rings. The van der Waals surface area contributed by atoms with Gasteiger partial charge in [0, 0.05) is 7.11 Å². The first-order chi connectivity index (χ1) is 7.24. The Hall–Kier alpha value is -0.780. The Morgan fingerprint density at radius 3 is 2.19 bits per heavy atom. The lowest BCUT2D eigenvalue weighted by atomic mass is 9.46. The molecule has 2 saturated carbocycles. The minimum Gasteiger partial charge on any atom is -0.481 e. The molecule has 2 aliphatic carbocycles. The molecule has 0 radical (unpaired) electrons. The van der Waals surface area contributed by atoms with Crippen LogP contribution < -0.4 is 0 Å². The molecule has 0 amide bonds. The minimum atomic E-state index is -4.36. The van der Waals surface area contributed by atoms with E-state index in [1.807, 2.05) is 0 Å². The van der Waals surface area contributed by atoms with Gasteiger partial charge in [0.05, 0.1) is 5.92 Å². The standard InChI is InChI=1S/C10H13F3O3/c1-16-9(10(11,12)13)4-8(5-9)2-6(3-8)7(14)15/h6H,2-5H2,1H3,(H,14,15). The second-order valence-electron chi connectivity index (χ2n) is 4.99. The Morgan fingerprint density at radius 1 is 1.38 bits per heavy atom. The second-order valence-corrected chi connectivity index (χ2v) is 4.99. The number of rotatable bonds is 2. The van der Waals surface area contributed by atoms with Gasteiger partial charge in [0.25, 0.3) is 0 Å². The number of carboxylic acid groups (broad SMARTS) is 1. The lowest BCUT2D eigenvalue weighted by molar-refractivity contribution is -0.338. The van der Waals surface area contributed by atoms with Gasteiger partial charge in [0.2, 0.25) is 0 Å². The highest BCUT2D eigenvalue weighted by Gasteiger charge is 2.71. The molecule has 0 aromatic carbocycles. The van der Waals surface area contributed by atoms with Crippen LogP contribution in [0.15, 0.2) is 0 Å². The summed E-state index contributed by atoms with van der Waals surface area (Å²) in [5, 5.41) is 8.68. The Morgan fingerprint density at radius 2 is 1.88 bits per heavy atom. The molecular formula is C10H13F3O3. The number of hydrogen-bond acceptors (Lipinski definition) is 2. The van der Waals surface area contributed by atoms with Crippen LogP contribution in [0.25, 0.3) is 0 Å². The fourth-order valence-corrected chi connectivity index (χ4v) is 3.07. The molecule has 0 bridgehead atoms. The summed E-state index contributed by atoms with van der Waals surface area (Å²) in [6, 6.07) is 0. The number of carboxylic acids is 1. The van der Waals surface area contributed by atoms with E-state index in [4.69, 9.17) is 5.11 Å². The first kappa shape index (κ1) is 11.7. The lowest BCUT2D eigenvalue weighted by Crippen LogP contribution is -2.65. The summed E-state index contributed by atoms with van der Waals surface area (Å²) in [4.78, 5) is 10.6. The molecule has 0 unspecified atom stereocenters. The molecular weight excluding hydrogens is 225 g/mol. The zero-order chi connectivity index (χ0) is 12.2. The molecule has 16 heavy (non-hydrogen) atoms. The summed E-state index contributed by atoms with van der Waals surface area (Å²) < 4.78 is 42.6. The SMILES string of the molecule is COC1(C(F)(F)F)CC2(CC(C(=O)O)C2)C1. The van der Waals surface area contributed by atoms with Crippen molar-refractivity contribution in [3.8, 4) is 0 Å². The van der Waals surface area contributed by atoms with E-state index < -0.39 is 29.1 Å². The Kier molecular flexibility index (Phi) is 2.28. The fraction of sp³-hybridized carbons (Fsp3) is 0.900. The first-order valence-electron chi connectivity index (χ1n) is 5.08. The number of halogens is 3. The van der Waals surface area contributed by atoms with Crippen molar-refractivity contribution in [3.63, 3.8) is 0 Å². The molecule has 0 atom stereocenters. The van der Waals surface area contributed by atoms with Crippen LogP contribution in [0, 0.1) is 11.3 Å². The summed E-state index contributed by atoms with van der Waals surface area (Å²) in [5.41, 5.74) is -2.47. The van der Waals surface area contributed by atoms with Crippen molar-refractivity contribution >= 4 is 5.97 Å². The number of alkyl halides is 3. The van der Waals surface area contributed by atoms with Crippen molar-refractivity contribution in [2.24, 2.45) is 11.3 Å². The van der Waals surface area contributed by atoms with Crippen LogP contribution in [0.5, 0.6) is 0 Å². The van der Waals surface area contributed by atoms with E-state index in [2.05, 4.69) is 4.74 Å². The van der Waals surface area contributed by atoms with Crippen LogP contribution >= 0.6 is 0 Å². The smallest absolute Gasteiger partial charge is 0.417 e. The molecule has 92 valence electrons. The van der Waals surface area contributed by atoms with Gasteiger partial charge in [-0.2, -0.15) is 13.2 Å². The maximum absolute atomic E-state index is 12.7. The van der Waals surface area contributed by atoms with Crippen molar-refractivity contribution < 1.29 is 27.8 Å². The maximum atomic E-state index is 12.7. The van der Waals surface area contributed by atoms with Crippen molar-refractivity contribution in [2.75, 3.05) is 7.11 Å². The van der Waals surface area contributed by atoms with Gasteiger partial charge in [-0.3, -0.25) is 4.79 Å². The van der Waals surface area contributed by atoms with E-state index in [1.165, 1.54) is 0 Å². The van der Waals surface area contributed by atoms with Crippen LogP contribution in [-0.2, 0) is 9.53 Å². The van der Waals surface area contributed by atoms with Crippen LogP contribution in [0.2, 0.25) is 0 Å². The van der Waals surface area contributed by atoms with Crippen molar-refractivity contribution in [3.05, 3.63) is 0 Å². The van der Waals surface area contributed by atoms with Crippen LogP contribution in [-0.4, -0.2) is 30.0 Å². The van der Waals surface area contributed by atoms with Gasteiger partial charge < -0.3 is 9.84 Å². The monoisotopic (exact) mass is 238 g/mol. The molecule has 2 rings (SSSR count). The van der Waals surface area contributed by atoms with Gasteiger partial charge in [-0.05, 0) is 31.1 Å².